The fourth-order valence-corrected chi connectivity index (χ4v) is 2.44. The Balaban J connectivity index is 1.84. The molecule has 0 heterocycles. The van der Waals surface area contributed by atoms with Crippen molar-refractivity contribution in [2.24, 2.45) is 0 Å². The van der Waals surface area contributed by atoms with Crippen molar-refractivity contribution >= 4 is 17.6 Å². The van der Waals surface area contributed by atoms with Crippen molar-refractivity contribution in [3.05, 3.63) is 34.9 Å². The van der Waals surface area contributed by atoms with Crippen molar-refractivity contribution in [3.8, 4) is 0 Å². The lowest BCUT2D eigenvalue weighted by Gasteiger charge is -2.21. The summed E-state index contributed by atoms with van der Waals surface area (Å²) in [5.41, 5.74) is 0.915. The molecule has 3 heteroatoms. The predicted molar refractivity (Wildman–Crippen MR) is 68.1 cm³/mol. The minimum Gasteiger partial charge on any atom is -0.462 e. The van der Waals surface area contributed by atoms with Gasteiger partial charge in [0.05, 0.1) is 6.42 Å². The Bertz CT molecular complexity index is 384. The van der Waals surface area contributed by atoms with E-state index in [1.54, 1.807) is 6.07 Å². The van der Waals surface area contributed by atoms with Crippen molar-refractivity contribution in [1.82, 2.24) is 0 Å². The van der Waals surface area contributed by atoms with Crippen LogP contribution in [0.1, 0.15) is 37.7 Å². The molecule has 1 saturated carbocycles. The second-order valence-corrected chi connectivity index (χ2v) is 4.99. The standard InChI is InChI=1S/C14H17ClO2/c15-12-6-4-5-11(9-12)10-14(16)17-13-7-2-1-3-8-13/h4-6,9,13H,1-3,7-8,10H2. The van der Waals surface area contributed by atoms with E-state index in [0.29, 0.717) is 11.4 Å². The summed E-state index contributed by atoms with van der Waals surface area (Å²) in [6.45, 7) is 0. The van der Waals surface area contributed by atoms with Crippen molar-refractivity contribution in [1.29, 1.82) is 0 Å². The van der Waals surface area contributed by atoms with Crippen LogP contribution < -0.4 is 0 Å². The summed E-state index contributed by atoms with van der Waals surface area (Å²) in [7, 11) is 0. The molecule has 1 aromatic rings. The van der Waals surface area contributed by atoms with Crippen LogP contribution in [0.4, 0.5) is 0 Å². The maximum absolute atomic E-state index is 11.7. The van der Waals surface area contributed by atoms with Gasteiger partial charge in [0.2, 0.25) is 0 Å². The number of ether oxygens (including phenoxy) is 1. The van der Waals surface area contributed by atoms with E-state index in [1.807, 2.05) is 18.2 Å². The van der Waals surface area contributed by atoms with Crippen LogP contribution in [0.15, 0.2) is 24.3 Å². The van der Waals surface area contributed by atoms with Gasteiger partial charge in [-0.1, -0.05) is 30.2 Å². The molecule has 0 atom stereocenters. The Morgan fingerprint density at radius 2 is 2.06 bits per heavy atom. The highest BCUT2D eigenvalue weighted by Crippen LogP contribution is 2.21. The van der Waals surface area contributed by atoms with Gasteiger partial charge in [-0.3, -0.25) is 4.79 Å². The smallest absolute Gasteiger partial charge is 0.310 e. The van der Waals surface area contributed by atoms with Gasteiger partial charge >= 0.3 is 5.97 Å². The molecular weight excluding hydrogens is 236 g/mol. The lowest BCUT2D eigenvalue weighted by Crippen LogP contribution is -2.21. The number of hydrogen-bond donors (Lipinski definition) is 0. The molecule has 0 aromatic heterocycles. The molecule has 0 radical (unpaired) electrons. The van der Waals surface area contributed by atoms with Crippen LogP contribution in [0, 0.1) is 0 Å². The highest BCUT2D eigenvalue weighted by Gasteiger charge is 2.17. The Hall–Kier alpha value is -1.02. The fraction of sp³-hybridized carbons (Fsp3) is 0.500. The zero-order valence-electron chi connectivity index (χ0n) is 9.82. The van der Waals surface area contributed by atoms with Crippen LogP contribution in [0.5, 0.6) is 0 Å². The summed E-state index contributed by atoms with van der Waals surface area (Å²) < 4.78 is 5.45. The van der Waals surface area contributed by atoms with Gasteiger partial charge in [-0.05, 0) is 43.4 Å². The number of benzene rings is 1. The van der Waals surface area contributed by atoms with E-state index in [0.717, 1.165) is 18.4 Å². The number of hydrogen-bond acceptors (Lipinski definition) is 2. The Morgan fingerprint density at radius 1 is 1.29 bits per heavy atom. The summed E-state index contributed by atoms with van der Waals surface area (Å²) in [5, 5.41) is 0.660. The fourth-order valence-electron chi connectivity index (χ4n) is 2.22. The minimum absolute atomic E-state index is 0.135. The first kappa shape index (κ1) is 12.4. The Kier molecular flexibility index (Phi) is 4.43. The van der Waals surface area contributed by atoms with Crippen LogP contribution >= 0.6 is 11.6 Å². The summed E-state index contributed by atoms with van der Waals surface area (Å²) in [6, 6.07) is 7.36. The highest BCUT2D eigenvalue weighted by atomic mass is 35.5. The van der Waals surface area contributed by atoms with Crippen LogP contribution in [-0.4, -0.2) is 12.1 Å². The molecular formula is C14H17ClO2. The van der Waals surface area contributed by atoms with E-state index < -0.39 is 0 Å². The maximum atomic E-state index is 11.7. The molecule has 1 aliphatic carbocycles. The molecule has 1 aromatic carbocycles. The van der Waals surface area contributed by atoms with Gasteiger partial charge in [-0.25, -0.2) is 0 Å². The van der Waals surface area contributed by atoms with Crippen molar-refractivity contribution in [3.63, 3.8) is 0 Å². The highest BCUT2D eigenvalue weighted by molar-refractivity contribution is 6.30. The minimum atomic E-state index is -0.140. The van der Waals surface area contributed by atoms with E-state index in [4.69, 9.17) is 16.3 Å². The molecule has 2 rings (SSSR count). The van der Waals surface area contributed by atoms with E-state index in [2.05, 4.69) is 0 Å². The molecule has 1 fully saturated rings. The van der Waals surface area contributed by atoms with Gasteiger partial charge in [0.1, 0.15) is 6.10 Å². The first-order chi connectivity index (χ1) is 8.24. The molecule has 17 heavy (non-hydrogen) atoms. The molecule has 0 bridgehead atoms. The van der Waals surface area contributed by atoms with Gasteiger partial charge in [-0.15, -0.1) is 0 Å². The quantitative estimate of drug-likeness (QED) is 0.766. The lowest BCUT2D eigenvalue weighted by atomic mass is 9.98. The zero-order valence-corrected chi connectivity index (χ0v) is 10.6. The second-order valence-electron chi connectivity index (χ2n) is 4.56. The van der Waals surface area contributed by atoms with Crippen molar-refractivity contribution in [2.45, 2.75) is 44.6 Å². The maximum Gasteiger partial charge on any atom is 0.310 e. The third kappa shape index (κ3) is 4.04. The van der Waals surface area contributed by atoms with Gasteiger partial charge < -0.3 is 4.74 Å². The molecule has 1 aliphatic rings. The van der Waals surface area contributed by atoms with Crippen LogP contribution in [0.3, 0.4) is 0 Å². The van der Waals surface area contributed by atoms with Gasteiger partial charge in [0.15, 0.2) is 0 Å². The van der Waals surface area contributed by atoms with E-state index in [-0.39, 0.29) is 12.1 Å². The van der Waals surface area contributed by atoms with Crippen molar-refractivity contribution < 1.29 is 9.53 Å². The molecule has 0 unspecified atom stereocenters. The van der Waals surface area contributed by atoms with Crippen LogP contribution in [-0.2, 0) is 16.0 Å². The molecule has 0 amide bonds. The number of carbonyl (C=O) groups is 1. The SMILES string of the molecule is O=C(Cc1cccc(Cl)c1)OC1CCCCC1. The van der Waals surface area contributed by atoms with Gasteiger partial charge in [0, 0.05) is 5.02 Å². The molecule has 0 N–H and O–H groups in total. The third-order valence-corrected chi connectivity index (χ3v) is 3.32. The van der Waals surface area contributed by atoms with Crippen LogP contribution in [0.2, 0.25) is 5.02 Å². The first-order valence-corrected chi connectivity index (χ1v) is 6.56. The van der Waals surface area contributed by atoms with Gasteiger partial charge in [0.25, 0.3) is 0 Å². The summed E-state index contributed by atoms with van der Waals surface area (Å²) >= 11 is 5.87. The average molecular weight is 253 g/mol. The number of halogens is 1. The second kappa shape index (κ2) is 6.06. The monoisotopic (exact) mass is 252 g/mol. The summed E-state index contributed by atoms with van der Waals surface area (Å²) in [5.74, 6) is -0.140. The number of carbonyl (C=O) groups excluding carboxylic acids is 1. The predicted octanol–water partition coefficient (Wildman–Crippen LogP) is 3.76. The Labute approximate surface area is 107 Å². The average Bonchev–Trinajstić information content (AvgIpc) is 2.30. The number of esters is 1. The number of rotatable bonds is 3. The first-order valence-electron chi connectivity index (χ1n) is 6.18. The normalized spacial score (nSPS) is 16.8. The molecule has 92 valence electrons. The molecule has 0 aliphatic heterocycles. The van der Waals surface area contributed by atoms with Crippen molar-refractivity contribution in [2.75, 3.05) is 0 Å². The van der Waals surface area contributed by atoms with Gasteiger partial charge in [-0.2, -0.15) is 0 Å². The van der Waals surface area contributed by atoms with Crippen LogP contribution in [0.25, 0.3) is 0 Å². The summed E-state index contributed by atoms with van der Waals surface area (Å²) in [6.07, 6.45) is 6.10. The van der Waals surface area contributed by atoms with E-state index in [9.17, 15) is 4.79 Å². The molecule has 0 saturated heterocycles. The molecule has 2 nitrogen and oxygen atoms in total. The van der Waals surface area contributed by atoms with E-state index in [1.165, 1.54) is 19.3 Å². The molecule has 0 spiro atoms. The Morgan fingerprint density at radius 3 is 2.76 bits per heavy atom. The lowest BCUT2D eigenvalue weighted by molar-refractivity contribution is -0.149. The largest absolute Gasteiger partial charge is 0.462 e. The third-order valence-electron chi connectivity index (χ3n) is 3.09. The van der Waals surface area contributed by atoms with E-state index >= 15 is 0 Å². The zero-order chi connectivity index (χ0) is 12.1. The topological polar surface area (TPSA) is 26.3 Å². The summed E-state index contributed by atoms with van der Waals surface area (Å²) in [4.78, 5) is 11.7.